The quantitative estimate of drug-likeness (QED) is 0.699. The summed E-state index contributed by atoms with van der Waals surface area (Å²) in [4.78, 5) is 21.0. The molecular weight excluding hydrogens is 220 g/mol. The second-order valence-corrected chi connectivity index (χ2v) is 3.34. The summed E-state index contributed by atoms with van der Waals surface area (Å²) in [6, 6.07) is 1.96. The zero-order valence-electron chi connectivity index (χ0n) is 9.88. The van der Waals surface area contributed by atoms with E-state index in [1.807, 2.05) is 13.0 Å². The summed E-state index contributed by atoms with van der Waals surface area (Å²) < 4.78 is 4.61. The predicted octanol–water partition coefficient (Wildman–Crippen LogP) is 0.738. The van der Waals surface area contributed by atoms with Crippen LogP contribution in [0.3, 0.4) is 0 Å². The standard InChI is InChI=1S/C11H14N4O2/c1-3-6-15(8-10(16)17-2)11-9(7-12)13-4-5-14-11/h4-5H,3,6,8H2,1-2H3. The zero-order chi connectivity index (χ0) is 12.7. The van der Waals surface area contributed by atoms with Gasteiger partial charge in [0.2, 0.25) is 0 Å². The zero-order valence-corrected chi connectivity index (χ0v) is 9.88. The Hall–Kier alpha value is -2.16. The van der Waals surface area contributed by atoms with Crippen molar-refractivity contribution in [1.29, 1.82) is 5.26 Å². The summed E-state index contributed by atoms with van der Waals surface area (Å²) >= 11 is 0. The molecule has 6 heteroatoms. The normalized spacial score (nSPS) is 9.47. The Morgan fingerprint density at radius 2 is 2.24 bits per heavy atom. The number of carbonyl (C=O) groups is 1. The Kier molecular flexibility index (Phi) is 4.88. The van der Waals surface area contributed by atoms with Crippen molar-refractivity contribution in [3.05, 3.63) is 18.1 Å². The van der Waals surface area contributed by atoms with Crippen LogP contribution in [-0.2, 0) is 9.53 Å². The number of anilines is 1. The van der Waals surface area contributed by atoms with Crippen molar-refractivity contribution in [2.45, 2.75) is 13.3 Å². The van der Waals surface area contributed by atoms with Gasteiger partial charge in [-0.2, -0.15) is 5.26 Å². The van der Waals surface area contributed by atoms with Crippen molar-refractivity contribution in [2.24, 2.45) is 0 Å². The van der Waals surface area contributed by atoms with Crippen LogP contribution < -0.4 is 4.90 Å². The molecule has 0 N–H and O–H groups in total. The van der Waals surface area contributed by atoms with E-state index >= 15 is 0 Å². The molecule has 0 unspecified atom stereocenters. The first-order valence-corrected chi connectivity index (χ1v) is 5.25. The molecule has 1 aromatic heterocycles. The molecule has 0 aliphatic heterocycles. The minimum Gasteiger partial charge on any atom is -0.468 e. The lowest BCUT2D eigenvalue weighted by Crippen LogP contribution is -2.32. The molecule has 0 fully saturated rings. The molecule has 0 atom stereocenters. The molecule has 17 heavy (non-hydrogen) atoms. The minimum absolute atomic E-state index is 0.0672. The lowest BCUT2D eigenvalue weighted by Gasteiger charge is -2.21. The molecule has 0 aliphatic carbocycles. The van der Waals surface area contributed by atoms with Crippen LogP contribution in [-0.4, -0.2) is 36.1 Å². The molecule has 0 aliphatic rings. The largest absolute Gasteiger partial charge is 0.468 e. The molecule has 0 aromatic carbocycles. The number of hydrogen-bond acceptors (Lipinski definition) is 6. The van der Waals surface area contributed by atoms with Gasteiger partial charge in [-0.15, -0.1) is 0 Å². The van der Waals surface area contributed by atoms with E-state index in [0.29, 0.717) is 12.4 Å². The highest BCUT2D eigenvalue weighted by molar-refractivity contribution is 5.75. The van der Waals surface area contributed by atoms with Gasteiger partial charge in [0.15, 0.2) is 11.5 Å². The third kappa shape index (κ3) is 3.41. The Labute approximate surface area is 99.9 Å². The summed E-state index contributed by atoms with van der Waals surface area (Å²) in [6.07, 6.45) is 3.78. The van der Waals surface area contributed by atoms with Gasteiger partial charge in [-0.25, -0.2) is 9.97 Å². The van der Waals surface area contributed by atoms with Crippen molar-refractivity contribution in [2.75, 3.05) is 25.1 Å². The summed E-state index contributed by atoms with van der Waals surface area (Å²) in [6.45, 7) is 2.66. The summed E-state index contributed by atoms with van der Waals surface area (Å²) in [5, 5.41) is 8.93. The average Bonchev–Trinajstić information content (AvgIpc) is 2.38. The van der Waals surface area contributed by atoms with E-state index in [4.69, 9.17) is 5.26 Å². The van der Waals surface area contributed by atoms with Gasteiger partial charge in [0.05, 0.1) is 7.11 Å². The van der Waals surface area contributed by atoms with E-state index in [0.717, 1.165) is 6.42 Å². The van der Waals surface area contributed by atoms with E-state index in [1.54, 1.807) is 4.90 Å². The molecule has 0 spiro atoms. The van der Waals surface area contributed by atoms with Crippen LogP contribution >= 0.6 is 0 Å². The van der Waals surface area contributed by atoms with Crippen LogP contribution in [0.5, 0.6) is 0 Å². The number of rotatable bonds is 5. The Morgan fingerprint density at radius 1 is 1.53 bits per heavy atom. The summed E-state index contributed by atoms with van der Waals surface area (Å²) in [5.41, 5.74) is 0.213. The van der Waals surface area contributed by atoms with E-state index in [-0.39, 0.29) is 18.2 Å². The number of ether oxygens (including phenoxy) is 1. The fourth-order valence-corrected chi connectivity index (χ4v) is 1.39. The number of methoxy groups -OCH3 is 1. The summed E-state index contributed by atoms with van der Waals surface area (Å²) in [5.74, 6) is 0.0512. The molecule has 1 aromatic rings. The first kappa shape index (κ1) is 12.9. The van der Waals surface area contributed by atoms with Crippen LogP contribution in [0.15, 0.2) is 12.4 Å². The average molecular weight is 234 g/mol. The predicted molar refractivity (Wildman–Crippen MR) is 61.3 cm³/mol. The van der Waals surface area contributed by atoms with Crippen molar-refractivity contribution < 1.29 is 9.53 Å². The lowest BCUT2D eigenvalue weighted by atomic mass is 10.3. The number of hydrogen-bond donors (Lipinski definition) is 0. The minimum atomic E-state index is -0.368. The van der Waals surface area contributed by atoms with Crippen LogP contribution in [0.2, 0.25) is 0 Å². The highest BCUT2D eigenvalue weighted by atomic mass is 16.5. The van der Waals surface area contributed by atoms with Gasteiger partial charge in [-0.1, -0.05) is 6.92 Å². The van der Waals surface area contributed by atoms with Gasteiger partial charge in [0, 0.05) is 18.9 Å². The van der Waals surface area contributed by atoms with Gasteiger partial charge < -0.3 is 9.64 Å². The van der Waals surface area contributed by atoms with E-state index in [2.05, 4.69) is 14.7 Å². The highest BCUT2D eigenvalue weighted by Crippen LogP contribution is 2.14. The maximum absolute atomic E-state index is 11.3. The third-order valence-corrected chi connectivity index (χ3v) is 2.13. The third-order valence-electron chi connectivity index (χ3n) is 2.13. The molecule has 1 heterocycles. The fourth-order valence-electron chi connectivity index (χ4n) is 1.39. The number of nitriles is 1. The van der Waals surface area contributed by atoms with Crippen LogP contribution in [0.25, 0.3) is 0 Å². The maximum atomic E-state index is 11.3. The maximum Gasteiger partial charge on any atom is 0.325 e. The first-order chi connectivity index (χ1) is 8.22. The van der Waals surface area contributed by atoms with Crippen molar-refractivity contribution in [1.82, 2.24) is 9.97 Å². The highest BCUT2D eigenvalue weighted by Gasteiger charge is 2.16. The molecule has 0 amide bonds. The van der Waals surface area contributed by atoms with Crippen molar-refractivity contribution in [3.8, 4) is 6.07 Å². The van der Waals surface area contributed by atoms with Gasteiger partial charge >= 0.3 is 5.97 Å². The number of aromatic nitrogens is 2. The topological polar surface area (TPSA) is 79.1 Å². The Bertz CT molecular complexity index is 428. The van der Waals surface area contributed by atoms with Gasteiger partial charge in [0.1, 0.15) is 12.6 Å². The van der Waals surface area contributed by atoms with Gasteiger partial charge in [0.25, 0.3) is 0 Å². The Balaban J connectivity index is 2.97. The molecule has 0 saturated heterocycles. The van der Waals surface area contributed by atoms with Crippen LogP contribution in [0, 0.1) is 11.3 Å². The Morgan fingerprint density at radius 3 is 2.82 bits per heavy atom. The van der Waals surface area contributed by atoms with Crippen LogP contribution in [0.1, 0.15) is 19.0 Å². The summed E-state index contributed by atoms with van der Waals surface area (Å²) in [7, 11) is 1.33. The molecule has 0 radical (unpaired) electrons. The number of nitrogens with zero attached hydrogens (tertiary/aromatic N) is 4. The van der Waals surface area contributed by atoms with Crippen LogP contribution in [0.4, 0.5) is 5.82 Å². The van der Waals surface area contributed by atoms with E-state index in [1.165, 1.54) is 19.5 Å². The van der Waals surface area contributed by atoms with E-state index < -0.39 is 0 Å². The molecule has 6 nitrogen and oxygen atoms in total. The van der Waals surface area contributed by atoms with E-state index in [9.17, 15) is 4.79 Å². The second-order valence-electron chi connectivity index (χ2n) is 3.34. The molecule has 0 bridgehead atoms. The fraction of sp³-hybridized carbons (Fsp3) is 0.455. The molecule has 1 rings (SSSR count). The number of carbonyl (C=O) groups excluding carboxylic acids is 1. The molecule has 90 valence electrons. The van der Waals surface area contributed by atoms with Gasteiger partial charge in [-0.3, -0.25) is 4.79 Å². The van der Waals surface area contributed by atoms with Crippen molar-refractivity contribution >= 4 is 11.8 Å². The van der Waals surface area contributed by atoms with Gasteiger partial charge in [-0.05, 0) is 6.42 Å². The SMILES string of the molecule is CCCN(CC(=O)OC)c1nccnc1C#N. The molecule has 0 saturated carbocycles. The monoisotopic (exact) mass is 234 g/mol. The first-order valence-electron chi connectivity index (χ1n) is 5.25. The number of esters is 1. The smallest absolute Gasteiger partial charge is 0.325 e. The van der Waals surface area contributed by atoms with Crippen molar-refractivity contribution in [3.63, 3.8) is 0 Å². The second kappa shape index (κ2) is 6.43. The lowest BCUT2D eigenvalue weighted by molar-refractivity contribution is -0.138. The molecular formula is C11H14N4O2.